The Bertz CT molecular complexity index is 611. The molecule has 0 saturated heterocycles. The van der Waals surface area contributed by atoms with Crippen LogP contribution in [0.4, 0.5) is 5.69 Å². The van der Waals surface area contributed by atoms with Gasteiger partial charge in [-0.1, -0.05) is 0 Å². The van der Waals surface area contributed by atoms with E-state index in [1.54, 1.807) is 36.5 Å². The van der Waals surface area contributed by atoms with Crippen LogP contribution < -0.4 is 15.2 Å². The highest BCUT2D eigenvalue weighted by atomic mass is 16.5. The van der Waals surface area contributed by atoms with E-state index in [0.717, 1.165) is 0 Å². The Balaban J connectivity index is 2.41. The second-order valence-electron chi connectivity index (χ2n) is 3.92. The largest absolute Gasteiger partial charge is 0.491 e. The van der Waals surface area contributed by atoms with Crippen molar-refractivity contribution in [3.63, 3.8) is 0 Å². The fourth-order valence-corrected chi connectivity index (χ4v) is 1.62. The molecular weight excluding hydrogens is 244 g/mol. The maximum Gasteiger partial charge on any atom is 0.262 e. The molecule has 5 heteroatoms. The fourth-order valence-electron chi connectivity index (χ4n) is 1.62. The average molecular weight is 258 g/mol. The quantitative estimate of drug-likeness (QED) is 0.674. The number of carbonyl (C=O) groups excluding carboxylic acids is 1. The number of nitrogens with two attached hydrogens (primary N) is 1. The van der Waals surface area contributed by atoms with Gasteiger partial charge in [0, 0.05) is 11.9 Å². The Kier molecular flexibility index (Phi) is 3.66. The molecule has 1 aromatic carbocycles. The lowest BCUT2D eigenvalue weighted by atomic mass is 10.1. The molecule has 0 unspecified atom stereocenters. The zero-order chi connectivity index (χ0) is 13.8. The SMILES string of the molecule is COc1cccnc1Oc1ccc(N)cc1C(C)=O. The monoisotopic (exact) mass is 258 g/mol. The van der Waals surface area contributed by atoms with Crippen molar-refractivity contribution >= 4 is 11.5 Å². The number of hydrogen-bond donors (Lipinski definition) is 1. The third kappa shape index (κ3) is 2.82. The molecule has 0 aliphatic rings. The van der Waals surface area contributed by atoms with E-state index in [1.165, 1.54) is 14.0 Å². The summed E-state index contributed by atoms with van der Waals surface area (Å²) in [5.74, 6) is 1.07. The molecule has 0 amide bonds. The van der Waals surface area contributed by atoms with E-state index >= 15 is 0 Å². The summed E-state index contributed by atoms with van der Waals surface area (Å²) < 4.78 is 10.8. The third-order valence-electron chi connectivity index (χ3n) is 2.55. The summed E-state index contributed by atoms with van der Waals surface area (Å²) in [6, 6.07) is 8.35. The van der Waals surface area contributed by atoms with Crippen molar-refractivity contribution in [2.24, 2.45) is 0 Å². The number of ether oxygens (including phenoxy) is 2. The highest BCUT2D eigenvalue weighted by Gasteiger charge is 2.13. The van der Waals surface area contributed by atoms with Gasteiger partial charge < -0.3 is 15.2 Å². The van der Waals surface area contributed by atoms with Gasteiger partial charge in [-0.05, 0) is 37.3 Å². The molecule has 1 aromatic heterocycles. The lowest BCUT2D eigenvalue weighted by Gasteiger charge is -2.11. The van der Waals surface area contributed by atoms with Gasteiger partial charge in [-0.2, -0.15) is 0 Å². The van der Waals surface area contributed by atoms with Crippen LogP contribution >= 0.6 is 0 Å². The number of hydrogen-bond acceptors (Lipinski definition) is 5. The molecule has 2 rings (SSSR count). The molecule has 0 saturated carbocycles. The molecule has 19 heavy (non-hydrogen) atoms. The molecule has 0 radical (unpaired) electrons. The average Bonchev–Trinajstić information content (AvgIpc) is 2.41. The van der Waals surface area contributed by atoms with Gasteiger partial charge in [0.25, 0.3) is 5.88 Å². The van der Waals surface area contributed by atoms with E-state index in [2.05, 4.69) is 4.98 Å². The number of anilines is 1. The number of nitrogens with zero attached hydrogens (tertiary/aromatic N) is 1. The van der Waals surface area contributed by atoms with E-state index < -0.39 is 0 Å². The van der Waals surface area contributed by atoms with Crippen LogP contribution in [0, 0.1) is 0 Å². The third-order valence-corrected chi connectivity index (χ3v) is 2.55. The minimum absolute atomic E-state index is 0.128. The first-order valence-corrected chi connectivity index (χ1v) is 5.69. The van der Waals surface area contributed by atoms with E-state index in [9.17, 15) is 4.79 Å². The Morgan fingerprint density at radius 3 is 2.74 bits per heavy atom. The molecule has 2 aromatic rings. The molecular formula is C14H14N2O3. The number of pyridine rings is 1. The first-order chi connectivity index (χ1) is 9.11. The number of carbonyl (C=O) groups is 1. The first-order valence-electron chi connectivity index (χ1n) is 5.69. The summed E-state index contributed by atoms with van der Waals surface area (Å²) in [7, 11) is 1.53. The number of rotatable bonds is 4. The Hall–Kier alpha value is -2.56. The molecule has 0 aliphatic heterocycles. The van der Waals surface area contributed by atoms with Crippen LogP contribution in [-0.4, -0.2) is 17.9 Å². The second-order valence-corrected chi connectivity index (χ2v) is 3.92. The predicted octanol–water partition coefficient (Wildman–Crippen LogP) is 2.67. The standard InChI is InChI=1S/C14H14N2O3/c1-9(17)11-8-10(15)5-6-12(11)19-14-13(18-2)4-3-7-16-14/h3-8H,15H2,1-2H3. The Morgan fingerprint density at radius 2 is 2.05 bits per heavy atom. The highest BCUT2D eigenvalue weighted by Crippen LogP contribution is 2.31. The van der Waals surface area contributed by atoms with Crippen LogP contribution in [0.25, 0.3) is 0 Å². The Labute approximate surface area is 111 Å². The number of benzene rings is 1. The maximum atomic E-state index is 11.6. The molecule has 2 N–H and O–H groups in total. The summed E-state index contributed by atoms with van der Waals surface area (Å²) >= 11 is 0. The normalized spacial score (nSPS) is 10.0. The van der Waals surface area contributed by atoms with Crippen LogP contribution in [0.1, 0.15) is 17.3 Å². The van der Waals surface area contributed by atoms with Gasteiger partial charge in [0.15, 0.2) is 11.5 Å². The second kappa shape index (κ2) is 5.39. The smallest absolute Gasteiger partial charge is 0.262 e. The van der Waals surface area contributed by atoms with Crippen molar-refractivity contribution in [3.05, 3.63) is 42.1 Å². The van der Waals surface area contributed by atoms with E-state index in [1.807, 2.05) is 0 Å². The molecule has 0 atom stereocenters. The summed E-state index contributed by atoms with van der Waals surface area (Å²) in [5.41, 5.74) is 6.58. The topological polar surface area (TPSA) is 74.4 Å². The van der Waals surface area contributed by atoms with Crippen molar-refractivity contribution in [1.82, 2.24) is 4.98 Å². The molecule has 98 valence electrons. The molecule has 0 fully saturated rings. The van der Waals surface area contributed by atoms with Crippen LogP contribution in [0.3, 0.4) is 0 Å². The van der Waals surface area contributed by atoms with E-state index in [-0.39, 0.29) is 5.78 Å². The lowest BCUT2D eigenvalue weighted by molar-refractivity contribution is 0.101. The fraction of sp³-hybridized carbons (Fsp3) is 0.143. The minimum Gasteiger partial charge on any atom is -0.491 e. The number of aromatic nitrogens is 1. The van der Waals surface area contributed by atoms with E-state index in [4.69, 9.17) is 15.2 Å². The molecule has 0 bridgehead atoms. The van der Waals surface area contributed by atoms with Gasteiger partial charge in [-0.15, -0.1) is 0 Å². The number of ketones is 1. The van der Waals surface area contributed by atoms with Gasteiger partial charge in [-0.3, -0.25) is 4.79 Å². The van der Waals surface area contributed by atoms with Crippen molar-refractivity contribution < 1.29 is 14.3 Å². The highest BCUT2D eigenvalue weighted by molar-refractivity contribution is 5.97. The molecule has 0 aliphatic carbocycles. The van der Waals surface area contributed by atoms with Gasteiger partial charge in [0.2, 0.25) is 0 Å². The van der Waals surface area contributed by atoms with Gasteiger partial charge in [0.05, 0.1) is 12.7 Å². The van der Waals surface area contributed by atoms with Gasteiger partial charge >= 0.3 is 0 Å². The number of nitrogen functional groups attached to an aromatic ring is 1. The summed E-state index contributed by atoms with van der Waals surface area (Å²) in [4.78, 5) is 15.7. The lowest BCUT2D eigenvalue weighted by Crippen LogP contribution is -2.00. The number of Topliss-reactive ketones (excluding diaryl/α,β-unsaturated/α-hetero) is 1. The van der Waals surface area contributed by atoms with Gasteiger partial charge in [0.1, 0.15) is 5.75 Å². The minimum atomic E-state index is -0.128. The molecule has 0 spiro atoms. The summed E-state index contributed by atoms with van der Waals surface area (Å²) in [5, 5.41) is 0. The van der Waals surface area contributed by atoms with Crippen molar-refractivity contribution in [2.75, 3.05) is 12.8 Å². The van der Waals surface area contributed by atoms with E-state index in [0.29, 0.717) is 28.6 Å². The zero-order valence-electron chi connectivity index (χ0n) is 10.7. The summed E-state index contributed by atoms with van der Waals surface area (Å²) in [6.45, 7) is 1.46. The number of methoxy groups -OCH3 is 1. The molecule has 1 heterocycles. The van der Waals surface area contributed by atoms with Gasteiger partial charge in [-0.25, -0.2) is 4.98 Å². The molecule has 5 nitrogen and oxygen atoms in total. The first kappa shape index (κ1) is 12.9. The van der Waals surface area contributed by atoms with Crippen LogP contribution in [-0.2, 0) is 0 Å². The zero-order valence-corrected chi connectivity index (χ0v) is 10.7. The van der Waals surface area contributed by atoms with Crippen molar-refractivity contribution in [1.29, 1.82) is 0 Å². The maximum absolute atomic E-state index is 11.6. The Morgan fingerprint density at radius 1 is 1.26 bits per heavy atom. The summed E-state index contributed by atoms with van der Waals surface area (Å²) in [6.07, 6.45) is 1.59. The van der Waals surface area contributed by atoms with Crippen LogP contribution in [0.2, 0.25) is 0 Å². The van der Waals surface area contributed by atoms with Crippen LogP contribution in [0.5, 0.6) is 17.4 Å². The van der Waals surface area contributed by atoms with Crippen molar-refractivity contribution in [2.45, 2.75) is 6.92 Å². The van der Waals surface area contributed by atoms with Crippen molar-refractivity contribution in [3.8, 4) is 17.4 Å². The predicted molar refractivity (Wildman–Crippen MR) is 71.7 cm³/mol. The van der Waals surface area contributed by atoms with Crippen LogP contribution in [0.15, 0.2) is 36.5 Å².